The second kappa shape index (κ2) is 14.1. The molecule has 0 atom stereocenters. The summed E-state index contributed by atoms with van der Waals surface area (Å²) in [6, 6.07) is 10.6. The molecule has 0 saturated heterocycles. The zero-order valence-electron chi connectivity index (χ0n) is 24.4. The number of nitrogens with zero attached hydrogens (tertiary/aromatic N) is 5. The van der Waals surface area contributed by atoms with Gasteiger partial charge in [0, 0.05) is 32.4 Å². The number of hydrogen-bond donors (Lipinski definition) is 1. The number of benzene rings is 1. The molecule has 0 saturated carbocycles. The molecule has 0 fully saturated rings. The number of cyclic esters (lactones) is 1. The molecule has 5 rings (SSSR count). The second-order valence-electron chi connectivity index (χ2n) is 8.56. The number of aromatic nitrogens is 2. The zero-order valence-corrected chi connectivity index (χ0v) is 24.4. The molecule has 4 heterocycles. The van der Waals surface area contributed by atoms with E-state index in [2.05, 4.69) is 9.97 Å². The lowest BCUT2D eigenvalue weighted by molar-refractivity contribution is -0.135. The highest BCUT2D eigenvalue weighted by Gasteiger charge is 2.31. The summed E-state index contributed by atoms with van der Waals surface area (Å²) in [5.74, 6) is 0.409. The lowest BCUT2D eigenvalue weighted by Crippen LogP contribution is -2.39. The smallest absolute Gasteiger partial charge is 0.415 e. The number of carbonyl (C=O) groups excluding carboxylic acids is 2. The van der Waals surface area contributed by atoms with Crippen LogP contribution in [0.15, 0.2) is 48.8 Å². The summed E-state index contributed by atoms with van der Waals surface area (Å²) in [7, 11) is 1.72. The molecule has 2 amide bonds. The molecule has 11 heteroatoms. The van der Waals surface area contributed by atoms with Gasteiger partial charge in [-0.3, -0.25) is 14.5 Å². The van der Waals surface area contributed by atoms with Crippen LogP contribution in [-0.4, -0.2) is 59.8 Å². The lowest BCUT2D eigenvalue weighted by atomic mass is 10.1. The normalized spacial score (nSPS) is 13.3. The SMILES string of the molecule is CC.CC.CCN1c2ncc(CCOc3cccc4c3COC(=O)N4CC(=O)O)cc2C(=O)N(C)c2cccnc21. The van der Waals surface area contributed by atoms with E-state index in [0.717, 1.165) is 10.5 Å². The highest BCUT2D eigenvalue weighted by molar-refractivity contribution is 6.12. The van der Waals surface area contributed by atoms with Crippen molar-refractivity contribution in [1.82, 2.24) is 9.97 Å². The summed E-state index contributed by atoms with van der Waals surface area (Å²) in [5, 5.41) is 9.15. The average molecular weight is 564 g/mol. The molecule has 41 heavy (non-hydrogen) atoms. The third-order valence-corrected chi connectivity index (χ3v) is 6.31. The summed E-state index contributed by atoms with van der Waals surface area (Å²) >= 11 is 0. The Labute approximate surface area is 240 Å². The van der Waals surface area contributed by atoms with Gasteiger partial charge in [0.15, 0.2) is 5.82 Å². The van der Waals surface area contributed by atoms with Crippen LogP contribution in [0.4, 0.5) is 27.8 Å². The Hall–Kier alpha value is -4.67. The Morgan fingerprint density at radius 2 is 1.76 bits per heavy atom. The van der Waals surface area contributed by atoms with E-state index in [1.165, 1.54) is 0 Å². The number of carboxylic acid groups (broad SMARTS) is 1. The number of hydrogen-bond acceptors (Lipinski definition) is 8. The van der Waals surface area contributed by atoms with Crippen LogP contribution in [-0.2, 0) is 22.6 Å². The summed E-state index contributed by atoms with van der Waals surface area (Å²) in [6.45, 7) is 10.3. The van der Waals surface area contributed by atoms with E-state index >= 15 is 0 Å². The number of aliphatic carboxylic acids is 1. The molecule has 2 aliphatic rings. The second-order valence-corrected chi connectivity index (χ2v) is 8.56. The van der Waals surface area contributed by atoms with E-state index in [9.17, 15) is 14.4 Å². The largest absolute Gasteiger partial charge is 0.493 e. The van der Waals surface area contributed by atoms with Gasteiger partial charge in [-0.25, -0.2) is 14.8 Å². The molecule has 0 radical (unpaired) electrons. The maximum atomic E-state index is 13.3. The minimum Gasteiger partial charge on any atom is -0.493 e. The van der Waals surface area contributed by atoms with Crippen LogP contribution in [0.2, 0.25) is 0 Å². The first-order chi connectivity index (χ1) is 19.9. The first-order valence-electron chi connectivity index (χ1n) is 13.8. The summed E-state index contributed by atoms with van der Waals surface area (Å²) < 4.78 is 11.1. The van der Waals surface area contributed by atoms with Crippen LogP contribution in [0.3, 0.4) is 0 Å². The van der Waals surface area contributed by atoms with Crippen molar-refractivity contribution in [3.05, 3.63) is 65.5 Å². The maximum absolute atomic E-state index is 13.3. The van der Waals surface area contributed by atoms with Crippen molar-refractivity contribution in [3.8, 4) is 5.75 Å². The number of pyridine rings is 2. The molecule has 2 aromatic heterocycles. The average Bonchev–Trinajstić information content (AvgIpc) is 3.09. The molecular weight excluding hydrogens is 526 g/mol. The molecule has 11 nitrogen and oxygen atoms in total. The number of anilines is 4. The molecule has 0 aliphatic carbocycles. The number of rotatable bonds is 7. The van der Waals surface area contributed by atoms with Gasteiger partial charge in [-0.2, -0.15) is 0 Å². The van der Waals surface area contributed by atoms with Gasteiger partial charge in [0.25, 0.3) is 5.91 Å². The van der Waals surface area contributed by atoms with E-state index in [-0.39, 0.29) is 19.1 Å². The minimum atomic E-state index is -1.15. The van der Waals surface area contributed by atoms with Crippen molar-refractivity contribution >= 4 is 41.0 Å². The Balaban J connectivity index is 0.00000111. The number of carboxylic acids is 1. The minimum absolute atomic E-state index is 0.0108. The van der Waals surface area contributed by atoms with Crippen LogP contribution in [0.25, 0.3) is 0 Å². The molecule has 1 N–H and O–H groups in total. The standard InChI is InChI=1S/C26H25N5O6.2C2H6/c1-3-30-23-17(25(34)29(2)20-7-5-10-27-24(20)30)12-16(13-28-23)9-11-36-21-8-4-6-19-18(21)15-37-26(35)31(19)14-22(32)33;2*1-2/h4-8,10,12-13H,3,9,11,14-15H2,1-2H3,(H,32,33);2*1-2H3. The predicted molar refractivity (Wildman–Crippen MR) is 157 cm³/mol. The van der Waals surface area contributed by atoms with Crippen LogP contribution >= 0.6 is 0 Å². The molecule has 3 aromatic rings. The number of fused-ring (bicyclic) bond motifs is 3. The Kier molecular flexibility index (Phi) is 10.6. The van der Waals surface area contributed by atoms with E-state index in [1.807, 2.05) is 51.7 Å². The number of carbonyl (C=O) groups is 3. The van der Waals surface area contributed by atoms with Crippen LogP contribution in [0.5, 0.6) is 5.75 Å². The van der Waals surface area contributed by atoms with Crippen molar-refractivity contribution in [2.45, 2.75) is 47.6 Å². The van der Waals surface area contributed by atoms with Crippen molar-refractivity contribution < 1.29 is 29.0 Å². The van der Waals surface area contributed by atoms with Gasteiger partial charge in [0.1, 0.15) is 24.7 Å². The van der Waals surface area contributed by atoms with Gasteiger partial charge in [0.05, 0.1) is 29.1 Å². The van der Waals surface area contributed by atoms with Gasteiger partial charge in [-0.05, 0) is 42.8 Å². The highest BCUT2D eigenvalue weighted by Crippen LogP contribution is 2.38. The number of ether oxygens (including phenoxy) is 2. The molecular formula is C30H37N5O6. The van der Waals surface area contributed by atoms with Crippen LogP contribution in [0.1, 0.15) is 56.1 Å². The Bertz CT molecular complexity index is 1400. The number of amides is 2. The van der Waals surface area contributed by atoms with Gasteiger partial charge in [-0.15, -0.1) is 0 Å². The molecule has 0 spiro atoms. The molecule has 0 unspecified atom stereocenters. The molecule has 218 valence electrons. The van der Waals surface area contributed by atoms with E-state index in [4.69, 9.17) is 14.6 Å². The van der Waals surface area contributed by atoms with Crippen molar-refractivity contribution in [1.29, 1.82) is 0 Å². The summed E-state index contributed by atoms with van der Waals surface area (Å²) in [4.78, 5) is 50.2. The van der Waals surface area contributed by atoms with E-state index in [0.29, 0.717) is 52.9 Å². The molecule has 1 aromatic carbocycles. The summed E-state index contributed by atoms with van der Waals surface area (Å²) in [6.07, 6.45) is 3.18. The topological polar surface area (TPSA) is 125 Å². The monoisotopic (exact) mass is 563 g/mol. The first-order valence-corrected chi connectivity index (χ1v) is 13.8. The zero-order chi connectivity index (χ0) is 30.1. The fourth-order valence-corrected chi connectivity index (χ4v) is 4.52. The fraction of sp³-hybridized carbons (Fsp3) is 0.367. The predicted octanol–water partition coefficient (Wildman–Crippen LogP) is 5.44. The quantitative estimate of drug-likeness (QED) is 0.400. The third-order valence-electron chi connectivity index (χ3n) is 6.31. The first kappa shape index (κ1) is 30.9. The van der Waals surface area contributed by atoms with Gasteiger partial charge in [0.2, 0.25) is 0 Å². The Morgan fingerprint density at radius 3 is 2.46 bits per heavy atom. The van der Waals surface area contributed by atoms with E-state index < -0.39 is 18.6 Å². The van der Waals surface area contributed by atoms with Gasteiger partial charge >= 0.3 is 12.1 Å². The van der Waals surface area contributed by atoms with Gasteiger partial charge < -0.3 is 24.4 Å². The van der Waals surface area contributed by atoms with E-state index in [1.54, 1.807) is 48.6 Å². The van der Waals surface area contributed by atoms with Crippen molar-refractivity contribution in [3.63, 3.8) is 0 Å². The van der Waals surface area contributed by atoms with Gasteiger partial charge in [-0.1, -0.05) is 33.8 Å². The third kappa shape index (κ3) is 6.40. The fourth-order valence-electron chi connectivity index (χ4n) is 4.52. The van der Waals surface area contributed by atoms with Crippen LogP contribution < -0.4 is 19.4 Å². The highest BCUT2D eigenvalue weighted by atomic mass is 16.6. The Morgan fingerprint density at radius 1 is 1.02 bits per heavy atom. The summed E-state index contributed by atoms with van der Waals surface area (Å²) in [5.41, 5.74) is 3.06. The van der Waals surface area contributed by atoms with Crippen molar-refractivity contribution in [2.75, 3.05) is 41.4 Å². The van der Waals surface area contributed by atoms with Crippen LogP contribution in [0, 0.1) is 0 Å². The van der Waals surface area contributed by atoms with Crippen molar-refractivity contribution in [2.24, 2.45) is 0 Å². The molecule has 0 bridgehead atoms. The maximum Gasteiger partial charge on any atom is 0.415 e. The lowest BCUT2D eigenvalue weighted by Gasteiger charge is -2.28. The molecule has 2 aliphatic heterocycles.